The fourth-order valence-electron chi connectivity index (χ4n) is 3.93. The van der Waals surface area contributed by atoms with Gasteiger partial charge in [-0.25, -0.2) is 13.6 Å². The number of para-hydroxylation sites is 1. The summed E-state index contributed by atoms with van der Waals surface area (Å²) in [6, 6.07) is 13.7. The molecular weight excluding hydrogens is 412 g/mol. The Morgan fingerprint density at radius 3 is 2.66 bits per heavy atom. The van der Waals surface area contributed by atoms with Gasteiger partial charge in [0.1, 0.15) is 0 Å². The molecule has 0 unspecified atom stereocenters. The summed E-state index contributed by atoms with van der Waals surface area (Å²) in [7, 11) is 0. The lowest BCUT2D eigenvalue weighted by Gasteiger charge is -2.36. The number of aromatic nitrogens is 1. The predicted molar refractivity (Wildman–Crippen MR) is 123 cm³/mol. The summed E-state index contributed by atoms with van der Waals surface area (Å²) < 4.78 is 27.4. The van der Waals surface area contributed by atoms with E-state index < -0.39 is 11.6 Å². The van der Waals surface area contributed by atoms with Crippen LogP contribution in [-0.2, 0) is 0 Å². The Balaban J connectivity index is 1.12. The van der Waals surface area contributed by atoms with Crippen molar-refractivity contribution in [3.05, 3.63) is 66.4 Å². The van der Waals surface area contributed by atoms with Gasteiger partial charge in [-0.15, -0.1) is 0 Å². The van der Waals surface area contributed by atoms with Crippen LogP contribution in [0.4, 0.5) is 25.0 Å². The lowest BCUT2D eigenvalue weighted by molar-refractivity contribution is 0.246. The highest BCUT2D eigenvalue weighted by Crippen LogP contribution is 2.22. The molecule has 2 heterocycles. The van der Waals surface area contributed by atoms with Crippen molar-refractivity contribution in [3.63, 3.8) is 0 Å². The average molecular weight is 440 g/mol. The molecule has 8 heteroatoms. The number of benzene rings is 2. The van der Waals surface area contributed by atoms with Crippen molar-refractivity contribution < 1.29 is 13.6 Å². The van der Waals surface area contributed by atoms with Crippen molar-refractivity contribution in [1.82, 2.24) is 15.2 Å². The topological polar surface area (TPSA) is 60.5 Å². The summed E-state index contributed by atoms with van der Waals surface area (Å²) >= 11 is 0. The maximum atomic E-state index is 14.0. The van der Waals surface area contributed by atoms with Gasteiger partial charge in [0.15, 0.2) is 11.6 Å². The number of amides is 2. The lowest BCUT2D eigenvalue weighted by Crippen LogP contribution is -2.47. The molecule has 1 aliphatic rings. The molecule has 0 saturated carbocycles. The molecule has 1 saturated heterocycles. The van der Waals surface area contributed by atoms with E-state index in [0.717, 1.165) is 49.4 Å². The number of nitrogens with one attached hydrogen (secondary N) is 2. The molecule has 6 nitrogen and oxygen atoms in total. The predicted octanol–water partition coefficient (Wildman–Crippen LogP) is 4.24. The summed E-state index contributed by atoms with van der Waals surface area (Å²) in [6.45, 7) is 4.44. The number of piperazine rings is 1. The van der Waals surface area contributed by atoms with Crippen LogP contribution in [0.2, 0.25) is 0 Å². The summed E-state index contributed by atoms with van der Waals surface area (Å²) in [5, 5.41) is 6.67. The fourth-order valence-corrected chi connectivity index (χ4v) is 3.93. The number of carbonyl (C=O) groups is 1. The van der Waals surface area contributed by atoms with Gasteiger partial charge in [-0.2, -0.15) is 0 Å². The van der Waals surface area contributed by atoms with Gasteiger partial charge in [-0.05, 0) is 43.7 Å². The highest BCUT2D eigenvalue weighted by Gasteiger charge is 2.20. The minimum absolute atomic E-state index is 0.243. The first kappa shape index (κ1) is 22.0. The van der Waals surface area contributed by atoms with Gasteiger partial charge in [0.25, 0.3) is 0 Å². The first-order valence-corrected chi connectivity index (χ1v) is 10.9. The zero-order chi connectivity index (χ0) is 22.3. The standard InChI is InChI=1S/C24H27F2N5O/c25-20-7-5-9-22(23(20)26)31-14-12-30(13-15-31)11-4-3-10-27-24(32)29-19-16-18-6-1-2-8-21(18)28-17-19/h1-2,5-9,16-17H,3-4,10-15H2,(H2,27,29,32). The lowest BCUT2D eigenvalue weighted by atomic mass is 10.2. The van der Waals surface area contributed by atoms with Gasteiger partial charge in [-0.3, -0.25) is 9.88 Å². The molecule has 4 rings (SSSR count). The zero-order valence-corrected chi connectivity index (χ0v) is 17.9. The maximum Gasteiger partial charge on any atom is 0.319 e. The number of carbonyl (C=O) groups excluding carboxylic acids is 1. The molecule has 0 aliphatic carbocycles. The molecule has 32 heavy (non-hydrogen) atoms. The van der Waals surface area contributed by atoms with E-state index in [2.05, 4.69) is 20.5 Å². The van der Waals surface area contributed by atoms with E-state index in [1.165, 1.54) is 0 Å². The third kappa shape index (κ3) is 5.50. The molecule has 1 aromatic heterocycles. The summed E-state index contributed by atoms with van der Waals surface area (Å²) in [5.74, 6) is -1.58. The minimum Gasteiger partial charge on any atom is -0.367 e. The van der Waals surface area contributed by atoms with Gasteiger partial charge < -0.3 is 15.5 Å². The Kier molecular flexibility index (Phi) is 7.11. The van der Waals surface area contributed by atoms with Gasteiger partial charge in [0.05, 0.1) is 23.1 Å². The number of rotatable bonds is 7. The molecule has 1 fully saturated rings. The van der Waals surface area contributed by atoms with Crippen LogP contribution in [-0.4, -0.2) is 55.2 Å². The number of unbranched alkanes of at least 4 members (excludes halogenated alkanes) is 1. The molecule has 2 N–H and O–H groups in total. The van der Waals surface area contributed by atoms with Crippen LogP contribution >= 0.6 is 0 Å². The van der Waals surface area contributed by atoms with E-state index in [0.29, 0.717) is 31.0 Å². The number of pyridine rings is 1. The number of fused-ring (bicyclic) bond motifs is 1. The van der Waals surface area contributed by atoms with E-state index in [1.54, 1.807) is 18.3 Å². The second-order valence-corrected chi connectivity index (χ2v) is 7.91. The Morgan fingerprint density at radius 1 is 1.00 bits per heavy atom. The highest BCUT2D eigenvalue weighted by atomic mass is 19.2. The first-order valence-electron chi connectivity index (χ1n) is 10.9. The molecule has 2 aromatic carbocycles. The number of hydrogen-bond acceptors (Lipinski definition) is 4. The Hall–Kier alpha value is -3.26. The zero-order valence-electron chi connectivity index (χ0n) is 17.9. The monoisotopic (exact) mass is 439 g/mol. The summed E-state index contributed by atoms with van der Waals surface area (Å²) in [6.07, 6.45) is 3.46. The van der Waals surface area contributed by atoms with Crippen LogP contribution in [0.1, 0.15) is 12.8 Å². The fraction of sp³-hybridized carbons (Fsp3) is 0.333. The van der Waals surface area contributed by atoms with Crippen LogP contribution in [0, 0.1) is 11.6 Å². The van der Waals surface area contributed by atoms with Gasteiger partial charge in [0.2, 0.25) is 0 Å². The van der Waals surface area contributed by atoms with Crippen LogP contribution < -0.4 is 15.5 Å². The van der Waals surface area contributed by atoms with E-state index in [1.807, 2.05) is 35.2 Å². The Morgan fingerprint density at radius 2 is 1.81 bits per heavy atom. The molecule has 168 valence electrons. The van der Waals surface area contributed by atoms with Crippen LogP contribution in [0.3, 0.4) is 0 Å². The van der Waals surface area contributed by atoms with Crippen LogP contribution in [0.5, 0.6) is 0 Å². The maximum absolute atomic E-state index is 14.0. The van der Waals surface area contributed by atoms with Crippen LogP contribution in [0.25, 0.3) is 10.9 Å². The van der Waals surface area contributed by atoms with Crippen molar-refractivity contribution in [2.24, 2.45) is 0 Å². The van der Waals surface area contributed by atoms with Crippen molar-refractivity contribution in [2.75, 3.05) is 49.5 Å². The Labute approximate surface area is 186 Å². The van der Waals surface area contributed by atoms with E-state index in [9.17, 15) is 13.6 Å². The van der Waals surface area contributed by atoms with Crippen molar-refractivity contribution in [1.29, 1.82) is 0 Å². The normalized spacial score (nSPS) is 14.5. The third-order valence-electron chi connectivity index (χ3n) is 5.68. The van der Waals surface area contributed by atoms with E-state index >= 15 is 0 Å². The number of halogens is 2. The van der Waals surface area contributed by atoms with Crippen molar-refractivity contribution in [3.8, 4) is 0 Å². The summed E-state index contributed by atoms with van der Waals surface area (Å²) in [5.41, 5.74) is 1.88. The molecule has 0 atom stereocenters. The van der Waals surface area contributed by atoms with Gasteiger partial charge in [-0.1, -0.05) is 24.3 Å². The molecule has 0 radical (unpaired) electrons. The van der Waals surface area contributed by atoms with Crippen LogP contribution in [0.15, 0.2) is 54.7 Å². The summed E-state index contributed by atoms with van der Waals surface area (Å²) in [4.78, 5) is 20.7. The quantitative estimate of drug-likeness (QED) is 0.541. The number of hydrogen-bond donors (Lipinski definition) is 2. The molecule has 2 amide bonds. The smallest absolute Gasteiger partial charge is 0.319 e. The molecule has 0 spiro atoms. The van der Waals surface area contributed by atoms with E-state index in [-0.39, 0.29) is 6.03 Å². The molecular formula is C24H27F2N5O. The SMILES string of the molecule is O=C(NCCCCN1CCN(c2cccc(F)c2F)CC1)Nc1cnc2ccccc2c1. The average Bonchev–Trinajstić information content (AvgIpc) is 2.81. The number of anilines is 2. The van der Waals surface area contributed by atoms with Gasteiger partial charge >= 0.3 is 6.03 Å². The second-order valence-electron chi connectivity index (χ2n) is 7.91. The molecule has 1 aliphatic heterocycles. The highest BCUT2D eigenvalue weighted by molar-refractivity contribution is 5.91. The largest absolute Gasteiger partial charge is 0.367 e. The van der Waals surface area contributed by atoms with E-state index in [4.69, 9.17) is 0 Å². The minimum atomic E-state index is -0.807. The Bertz CT molecular complexity index is 1070. The van der Waals surface area contributed by atoms with Crippen molar-refractivity contribution in [2.45, 2.75) is 12.8 Å². The molecule has 0 bridgehead atoms. The molecule has 3 aromatic rings. The van der Waals surface area contributed by atoms with Crippen molar-refractivity contribution >= 4 is 28.3 Å². The third-order valence-corrected chi connectivity index (χ3v) is 5.68. The number of urea groups is 1. The second kappa shape index (κ2) is 10.4. The first-order chi connectivity index (χ1) is 15.6. The van der Waals surface area contributed by atoms with Gasteiger partial charge in [0, 0.05) is 38.1 Å². The number of nitrogens with zero attached hydrogens (tertiary/aromatic N) is 3.